The van der Waals surface area contributed by atoms with Gasteiger partial charge >= 0.3 is 14.7 Å². The molecule has 0 aliphatic carbocycles. The molecule has 0 aliphatic rings. The fourth-order valence-electron chi connectivity index (χ4n) is 0.0636. The zero-order chi connectivity index (χ0) is 5.70. The Morgan fingerprint density at radius 1 is 1.86 bits per heavy atom. The number of carbonyl (C=O) groups excluding carboxylic acids is 1. The molecule has 0 bridgehead atoms. The minimum absolute atomic E-state index is 0.622. The topological polar surface area (TPSA) is 81.4 Å². The standard InChI is InChI=1S/CH3N2O3P/c2-1(4)3-6-7-5/h(H3,2,3,4). The molecule has 0 heterocycles. The summed E-state index contributed by atoms with van der Waals surface area (Å²) in [5.41, 5.74) is 6.07. The van der Waals surface area contributed by atoms with Gasteiger partial charge in [0.2, 0.25) is 0 Å². The molecule has 0 rings (SSSR count). The molecule has 0 fully saturated rings. The molecule has 0 aromatic carbocycles. The maximum Gasteiger partial charge on any atom is 0.351 e. The number of nitrogens with one attached hydrogen (secondary N) is 1. The summed E-state index contributed by atoms with van der Waals surface area (Å²) in [6.45, 7) is 0. The number of hydrogen-bond acceptors (Lipinski definition) is 3. The van der Waals surface area contributed by atoms with E-state index in [0.29, 0.717) is 0 Å². The second-order valence-electron chi connectivity index (χ2n) is 0.632. The summed E-state index contributed by atoms with van der Waals surface area (Å²) in [5.74, 6) is 0. The van der Waals surface area contributed by atoms with Crippen molar-refractivity contribution < 1.29 is 14.0 Å². The monoisotopic (exact) mass is 122 g/mol. The number of primary amides is 1. The van der Waals surface area contributed by atoms with Gasteiger partial charge in [-0.25, -0.2) is 14.8 Å². The van der Waals surface area contributed by atoms with Crippen LogP contribution in [0.4, 0.5) is 4.79 Å². The smallest absolute Gasteiger partial charge is 0.350 e. The van der Waals surface area contributed by atoms with E-state index in [2.05, 4.69) is 10.4 Å². The van der Waals surface area contributed by atoms with Crippen molar-refractivity contribution in [2.45, 2.75) is 0 Å². The van der Waals surface area contributed by atoms with Crippen molar-refractivity contribution in [3.8, 4) is 0 Å². The first kappa shape index (κ1) is 6.33. The molecule has 40 valence electrons. The van der Waals surface area contributed by atoms with Gasteiger partial charge in [-0.15, -0.1) is 0 Å². The molecular weight excluding hydrogens is 119 g/mol. The van der Waals surface area contributed by atoms with Gasteiger partial charge in [-0.3, -0.25) is 0 Å². The summed E-state index contributed by atoms with van der Waals surface area (Å²) in [4.78, 5) is 9.60. The molecular formula is CH3N2O3P. The van der Waals surface area contributed by atoms with E-state index in [-0.39, 0.29) is 0 Å². The van der Waals surface area contributed by atoms with Crippen LogP contribution in [0.3, 0.4) is 0 Å². The van der Waals surface area contributed by atoms with Gasteiger partial charge in [-0.05, 0) is 0 Å². The lowest BCUT2D eigenvalue weighted by molar-refractivity contribution is 0.196. The van der Waals surface area contributed by atoms with Crippen molar-refractivity contribution in [3.05, 3.63) is 0 Å². The summed E-state index contributed by atoms with van der Waals surface area (Å²) in [6.07, 6.45) is 0. The summed E-state index contributed by atoms with van der Waals surface area (Å²) < 4.78 is 13.1. The summed E-state index contributed by atoms with van der Waals surface area (Å²) in [5, 5.41) is 0. The van der Waals surface area contributed by atoms with Crippen LogP contribution >= 0.6 is 8.69 Å². The van der Waals surface area contributed by atoms with Gasteiger partial charge < -0.3 is 5.73 Å². The van der Waals surface area contributed by atoms with Crippen LogP contribution in [0.5, 0.6) is 0 Å². The quantitative estimate of drug-likeness (QED) is 0.392. The second-order valence-corrected chi connectivity index (χ2v) is 0.964. The highest BCUT2D eigenvalue weighted by Gasteiger charge is 1.85. The number of rotatable bonds is 2. The lowest BCUT2D eigenvalue weighted by Crippen LogP contribution is -2.26. The van der Waals surface area contributed by atoms with Crippen molar-refractivity contribution in [3.63, 3.8) is 0 Å². The fourth-order valence-corrected chi connectivity index (χ4v) is 0.191. The first-order valence-corrected chi connectivity index (χ1v) is 2.04. The molecule has 0 spiro atoms. The summed E-state index contributed by atoms with van der Waals surface area (Å²) in [6, 6.07) is -0.872. The highest BCUT2D eigenvalue weighted by Crippen LogP contribution is 1.85. The first-order valence-electron chi connectivity index (χ1n) is 1.31. The number of urea groups is 1. The Labute approximate surface area is 41.1 Å². The number of amides is 2. The Morgan fingerprint density at radius 3 is 2.57 bits per heavy atom. The van der Waals surface area contributed by atoms with Crippen molar-refractivity contribution in [1.29, 1.82) is 0 Å². The molecule has 0 unspecified atom stereocenters. The molecule has 0 aromatic rings. The van der Waals surface area contributed by atoms with E-state index in [9.17, 15) is 9.36 Å². The van der Waals surface area contributed by atoms with E-state index in [1.165, 1.54) is 0 Å². The third kappa shape index (κ3) is 5.33. The highest BCUT2D eigenvalue weighted by atomic mass is 31.1. The van der Waals surface area contributed by atoms with Gasteiger partial charge in [0.15, 0.2) is 0 Å². The summed E-state index contributed by atoms with van der Waals surface area (Å²) in [7, 11) is -0.622. The van der Waals surface area contributed by atoms with Gasteiger partial charge in [0.1, 0.15) is 0 Å². The SMILES string of the molecule is NC(=O)NOP=O. The average Bonchev–Trinajstić information content (AvgIpc) is 1.61. The van der Waals surface area contributed by atoms with Crippen LogP contribution in [-0.4, -0.2) is 6.03 Å². The molecule has 0 atom stereocenters. The van der Waals surface area contributed by atoms with Crippen LogP contribution in [0.1, 0.15) is 0 Å². The van der Waals surface area contributed by atoms with Crippen LogP contribution < -0.4 is 11.2 Å². The minimum Gasteiger partial charge on any atom is -0.350 e. The van der Waals surface area contributed by atoms with Gasteiger partial charge in [-0.1, -0.05) is 0 Å². The van der Waals surface area contributed by atoms with Crippen molar-refractivity contribution in [2.24, 2.45) is 5.73 Å². The van der Waals surface area contributed by atoms with E-state index in [0.717, 1.165) is 0 Å². The molecule has 0 aromatic heterocycles. The number of hydrogen-bond donors (Lipinski definition) is 2. The normalized spacial score (nSPS) is 8.57. The second kappa shape index (κ2) is 3.52. The average molecular weight is 122 g/mol. The molecule has 0 aliphatic heterocycles. The van der Waals surface area contributed by atoms with Crippen molar-refractivity contribution in [2.75, 3.05) is 0 Å². The Hall–Kier alpha value is -0.670. The van der Waals surface area contributed by atoms with Crippen LogP contribution in [0, 0.1) is 0 Å². The number of nitrogens with two attached hydrogens (primary N) is 1. The van der Waals surface area contributed by atoms with Gasteiger partial charge in [0.25, 0.3) is 0 Å². The molecule has 0 saturated carbocycles. The fraction of sp³-hybridized carbons (Fsp3) is 0. The first-order chi connectivity index (χ1) is 3.27. The zero-order valence-corrected chi connectivity index (χ0v) is 4.14. The highest BCUT2D eigenvalue weighted by molar-refractivity contribution is 7.17. The third-order valence-electron chi connectivity index (χ3n) is 0.184. The molecule has 6 heteroatoms. The van der Waals surface area contributed by atoms with E-state index < -0.39 is 14.7 Å². The van der Waals surface area contributed by atoms with Gasteiger partial charge in [-0.2, -0.15) is 4.62 Å². The van der Waals surface area contributed by atoms with E-state index in [1.807, 2.05) is 0 Å². The third-order valence-corrected chi connectivity index (χ3v) is 0.349. The van der Waals surface area contributed by atoms with Gasteiger partial charge in [0, 0.05) is 0 Å². The largest absolute Gasteiger partial charge is 0.351 e. The van der Waals surface area contributed by atoms with Crippen LogP contribution in [0.15, 0.2) is 0 Å². The molecule has 7 heavy (non-hydrogen) atoms. The van der Waals surface area contributed by atoms with E-state index >= 15 is 0 Å². The van der Waals surface area contributed by atoms with Crippen LogP contribution in [0.2, 0.25) is 0 Å². The predicted molar refractivity (Wildman–Crippen MR) is 21.4 cm³/mol. The lowest BCUT2D eigenvalue weighted by Gasteiger charge is -1.87. The molecule has 3 N–H and O–H groups in total. The number of carbonyl (C=O) groups is 1. The Bertz CT molecular complexity index is 83.0. The molecule has 0 saturated heterocycles. The van der Waals surface area contributed by atoms with Crippen LogP contribution in [-0.2, 0) is 9.19 Å². The molecule has 2 amide bonds. The number of hydroxylamine groups is 1. The zero-order valence-electron chi connectivity index (χ0n) is 3.25. The van der Waals surface area contributed by atoms with E-state index in [1.54, 1.807) is 5.48 Å². The van der Waals surface area contributed by atoms with E-state index in [4.69, 9.17) is 0 Å². The predicted octanol–water partition coefficient (Wildman–Crippen LogP) is -0.207. The lowest BCUT2D eigenvalue weighted by atomic mass is 11.2. The summed E-state index contributed by atoms with van der Waals surface area (Å²) >= 11 is 0. The van der Waals surface area contributed by atoms with Crippen molar-refractivity contribution in [1.82, 2.24) is 5.48 Å². The Balaban J connectivity index is 2.97. The maximum atomic E-state index is 9.60. The Morgan fingerprint density at radius 2 is 2.43 bits per heavy atom. The molecule has 0 radical (unpaired) electrons. The maximum absolute atomic E-state index is 9.60. The molecule has 5 nitrogen and oxygen atoms in total. The Kier molecular flexibility index (Phi) is 3.18. The van der Waals surface area contributed by atoms with Crippen LogP contribution in [0.25, 0.3) is 0 Å². The van der Waals surface area contributed by atoms with Gasteiger partial charge in [0.05, 0.1) is 0 Å². The minimum atomic E-state index is -0.872. The van der Waals surface area contributed by atoms with Crippen molar-refractivity contribution >= 4 is 14.7 Å².